The molecule has 22 heavy (non-hydrogen) atoms. The fourth-order valence-electron chi connectivity index (χ4n) is 2.57. The number of ketones is 1. The molecule has 0 saturated carbocycles. The number of nitrogens with zero attached hydrogens (tertiary/aromatic N) is 1. The zero-order chi connectivity index (χ0) is 15.9. The van der Waals surface area contributed by atoms with E-state index in [0.717, 1.165) is 16.2 Å². The van der Waals surface area contributed by atoms with Crippen molar-refractivity contribution in [3.63, 3.8) is 0 Å². The van der Waals surface area contributed by atoms with Gasteiger partial charge in [0.25, 0.3) is 5.91 Å². The average molecular weight is 295 g/mol. The second kappa shape index (κ2) is 5.11. The molecule has 0 radical (unpaired) electrons. The highest BCUT2D eigenvalue weighted by molar-refractivity contribution is 6.22. The number of fused-ring (bicyclic) bond motifs is 3. The van der Waals surface area contributed by atoms with Gasteiger partial charge in [0.2, 0.25) is 0 Å². The van der Waals surface area contributed by atoms with Crippen LogP contribution in [0.25, 0.3) is 11.1 Å². The highest BCUT2D eigenvalue weighted by atomic mass is 16.7. The summed E-state index contributed by atoms with van der Waals surface area (Å²) in [4.78, 5) is 40.1. The third kappa shape index (κ3) is 2.16. The third-order valence-electron chi connectivity index (χ3n) is 3.45. The van der Waals surface area contributed by atoms with Crippen molar-refractivity contribution in [2.45, 2.75) is 13.8 Å². The molecule has 1 aliphatic carbocycles. The smallest absolute Gasteiger partial charge is 0.330 e. The van der Waals surface area contributed by atoms with Crippen LogP contribution in [-0.4, -0.2) is 17.7 Å². The molecule has 0 saturated heterocycles. The van der Waals surface area contributed by atoms with Gasteiger partial charge >= 0.3 is 5.97 Å². The van der Waals surface area contributed by atoms with E-state index < -0.39 is 11.9 Å². The van der Waals surface area contributed by atoms with Crippen LogP contribution in [0, 0.1) is 0 Å². The summed E-state index contributed by atoms with van der Waals surface area (Å²) >= 11 is 0. The molecule has 1 aliphatic rings. The largest absolute Gasteiger partial charge is 0.334 e. The number of hydrogen-bond donors (Lipinski definition) is 0. The van der Waals surface area contributed by atoms with Crippen molar-refractivity contribution in [3.8, 4) is 11.1 Å². The molecule has 0 aromatic heterocycles. The van der Waals surface area contributed by atoms with Gasteiger partial charge in [-0.1, -0.05) is 30.3 Å². The summed E-state index contributed by atoms with van der Waals surface area (Å²) in [5.74, 6) is -1.15. The molecule has 0 bridgehead atoms. The highest BCUT2D eigenvalue weighted by Crippen LogP contribution is 2.38. The Morgan fingerprint density at radius 3 is 2.18 bits per heavy atom. The average Bonchev–Trinajstić information content (AvgIpc) is 2.78. The summed E-state index contributed by atoms with van der Waals surface area (Å²) in [6.07, 6.45) is 0. The fourth-order valence-corrected chi connectivity index (χ4v) is 2.57. The number of benzene rings is 2. The summed E-state index contributed by atoms with van der Waals surface area (Å²) in [6, 6.07) is 12.3. The van der Waals surface area contributed by atoms with Crippen LogP contribution in [0.3, 0.4) is 0 Å². The van der Waals surface area contributed by atoms with Crippen molar-refractivity contribution < 1.29 is 19.2 Å². The number of hydroxylamine groups is 1. The topological polar surface area (TPSA) is 63.7 Å². The van der Waals surface area contributed by atoms with Crippen molar-refractivity contribution in [2.24, 2.45) is 0 Å². The van der Waals surface area contributed by atoms with E-state index in [1.54, 1.807) is 24.3 Å². The molecule has 2 aromatic carbocycles. The molecule has 0 unspecified atom stereocenters. The molecular formula is C17H13NO4. The summed E-state index contributed by atoms with van der Waals surface area (Å²) in [7, 11) is 0. The molecule has 0 spiro atoms. The molecule has 5 heteroatoms. The van der Waals surface area contributed by atoms with Crippen molar-refractivity contribution in [2.75, 3.05) is 5.06 Å². The Balaban J connectivity index is 2.08. The predicted molar refractivity (Wildman–Crippen MR) is 80.2 cm³/mol. The monoisotopic (exact) mass is 295 g/mol. The summed E-state index contributed by atoms with van der Waals surface area (Å²) in [6.45, 7) is 2.50. The predicted octanol–water partition coefficient (Wildman–Crippen LogP) is 2.73. The van der Waals surface area contributed by atoms with Crippen LogP contribution in [0.15, 0.2) is 42.5 Å². The zero-order valence-corrected chi connectivity index (χ0v) is 12.1. The van der Waals surface area contributed by atoms with Crippen molar-refractivity contribution in [1.82, 2.24) is 0 Å². The molecule has 110 valence electrons. The van der Waals surface area contributed by atoms with Crippen LogP contribution in [0.2, 0.25) is 0 Å². The Kier molecular flexibility index (Phi) is 3.25. The van der Waals surface area contributed by atoms with Crippen LogP contribution in [-0.2, 0) is 14.4 Å². The SMILES string of the molecule is CC(=O)ON(C(C)=O)c1ccc2c(c1)C(=O)c1ccccc1-2. The molecule has 0 heterocycles. The molecule has 0 N–H and O–H groups in total. The molecule has 0 atom stereocenters. The Morgan fingerprint density at radius 2 is 1.55 bits per heavy atom. The molecule has 1 amide bonds. The van der Waals surface area contributed by atoms with Gasteiger partial charge in [-0.15, -0.1) is 5.06 Å². The Labute approximate surface area is 127 Å². The minimum atomic E-state index is -0.606. The maximum Gasteiger partial charge on any atom is 0.330 e. The summed E-state index contributed by atoms with van der Waals surface area (Å²) in [5.41, 5.74) is 3.17. The first kappa shape index (κ1) is 14.0. The lowest BCUT2D eigenvalue weighted by atomic mass is 10.1. The van der Waals surface area contributed by atoms with Gasteiger partial charge in [0, 0.05) is 25.0 Å². The number of amides is 1. The lowest BCUT2D eigenvalue weighted by molar-refractivity contribution is -0.147. The maximum absolute atomic E-state index is 12.4. The van der Waals surface area contributed by atoms with Gasteiger partial charge < -0.3 is 4.84 Å². The molecule has 0 fully saturated rings. The van der Waals surface area contributed by atoms with Gasteiger partial charge in [-0.25, -0.2) is 4.79 Å². The van der Waals surface area contributed by atoms with E-state index in [2.05, 4.69) is 0 Å². The number of anilines is 1. The van der Waals surface area contributed by atoms with Crippen LogP contribution in [0.5, 0.6) is 0 Å². The molecular weight excluding hydrogens is 282 g/mol. The molecule has 5 nitrogen and oxygen atoms in total. The quantitative estimate of drug-likeness (QED) is 0.648. The van der Waals surface area contributed by atoms with Crippen LogP contribution in [0.4, 0.5) is 5.69 Å². The highest BCUT2D eigenvalue weighted by Gasteiger charge is 2.28. The van der Waals surface area contributed by atoms with Gasteiger partial charge in [-0.05, 0) is 23.3 Å². The second-order valence-electron chi connectivity index (χ2n) is 5.00. The van der Waals surface area contributed by atoms with Crippen molar-refractivity contribution in [3.05, 3.63) is 53.6 Å². The number of rotatable bonds is 1. The van der Waals surface area contributed by atoms with Gasteiger partial charge in [0.05, 0.1) is 5.69 Å². The van der Waals surface area contributed by atoms with Gasteiger partial charge in [-0.2, -0.15) is 0 Å². The number of carbonyl (C=O) groups is 3. The van der Waals surface area contributed by atoms with Gasteiger partial charge in [-0.3, -0.25) is 9.59 Å². The van der Waals surface area contributed by atoms with E-state index in [4.69, 9.17) is 4.84 Å². The third-order valence-corrected chi connectivity index (χ3v) is 3.45. The zero-order valence-electron chi connectivity index (χ0n) is 12.1. The standard InChI is InChI=1S/C17H13NO4/c1-10(19)18(22-11(2)20)12-7-8-14-13-5-3-4-6-15(13)17(21)16(14)9-12/h3-9H,1-2H3. The number of carbonyl (C=O) groups excluding carboxylic acids is 3. The fraction of sp³-hybridized carbons (Fsp3) is 0.118. The second-order valence-corrected chi connectivity index (χ2v) is 5.00. The molecule has 2 aromatic rings. The first-order valence-electron chi connectivity index (χ1n) is 6.76. The van der Waals surface area contributed by atoms with E-state index in [1.165, 1.54) is 13.8 Å². The minimum Gasteiger partial charge on any atom is -0.334 e. The van der Waals surface area contributed by atoms with E-state index >= 15 is 0 Å². The van der Waals surface area contributed by atoms with Crippen LogP contribution in [0.1, 0.15) is 29.8 Å². The van der Waals surface area contributed by atoms with Crippen LogP contribution >= 0.6 is 0 Å². The van der Waals surface area contributed by atoms with Crippen molar-refractivity contribution in [1.29, 1.82) is 0 Å². The molecule has 3 rings (SSSR count). The molecule has 0 aliphatic heterocycles. The van der Waals surface area contributed by atoms with E-state index in [9.17, 15) is 14.4 Å². The van der Waals surface area contributed by atoms with E-state index in [0.29, 0.717) is 16.8 Å². The first-order valence-corrected chi connectivity index (χ1v) is 6.76. The van der Waals surface area contributed by atoms with Gasteiger partial charge in [0.15, 0.2) is 5.78 Å². The normalized spacial score (nSPS) is 11.6. The summed E-state index contributed by atoms with van der Waals surface area (Å²) in [5, 5.41) is 0.888. The maximum atomic E-state index is 12.4. The Hall–Kier alpha value is -2.95. The lowest BCUT2D eigenvalue weighted by Gasteiger charge is -2.19. The summed E-state index contributed by atoms with van der Waals surface area (Å²) < 4.78 is 0. The lowest BCUT2D eigenvalue weighted by Crippen LogP contribution is -2.30. The van der Waals surface area contributed by atoms with Crippen molar-refractivity contribution >= 4 is 23.3 Å². The van der Waals surface area contributed by atoms with E-state index in [1.807, 2.05) is 18.2 Å². The number of hydrogen-bond acceptors (Lipinski definition) is 4. The minimum absolute atomic E-state index is 0.0984. The van der Waals surface area contributed by atoms with Crippen LogP contribution < -0.4 is 5.06 Å². The first-order chi connectivity index (χ1) is 10.5. The Bertz CT molecular complexity index is 810. The van der Waals surface area contributed by atoms with Gasteiger partial charge in [0.1, 0.15) is 0 Å². The van der Waals surface area contributed by atoms with E-state index in [-0.39, 0.29) is 5.78 Å². The Morgan fingerprint density at radius 1 is 0.909 bits per heavy atom.